The van der Waals surface area contributed by atoms with Crippen LogP contribution >= 0.6 is 0 Å². The maximum atomic E-state index is 12.3. The Hall–Kier alpha value is -2.27. The van der Waals surface area contributed by atoms with Crippen LogP contribution in [0.3, 0.4) is 0 Å². The molecular weight excluding hydrogens is 720 g/mol. The van der Waals surface area contributed by atoms with Crippen LogP contribution in [-0.4, -0.2) is 218 Å². The van der Waals surface area contributed by atoms with Crippen molar-refractivity contribution in [3.8, 4) is 0 Å². The fourth-order valence-corrected chi connectivity index (χ4v) is 6.95. The van der Waals surface area contributed by atoms with Crippen LogP contribution in [0.5, 0.6) is 0 Å². The van der Waals surface area contributed by atoms with Gasteiger partial charge >= 0.3 is 0 Å². The van der Waals surface area contributed by atoms with Gasteiger partial charge in [-0.15, -0.1) is 0 Å². The number of quaternary nitrogens is 1. The fraction of sp³-hybridized carbons (Fsp3) is 0.900. The van der Waals surface area contributed by atoms with E-state index in [0.717, 1.165) is 20.8 Å². The van der Waals surface area contributed by atoms with E-state index in [9.17, 15) is 65.4 Å². The molecule has 306 valence electrons. The van der Waals surface area contributed by atoms with Crippen molar-refractivity contribution in [3.05, 3.63) is 0 Å². The molecular formula is C30H53N4O19+. The average Bonchev–Trinajstić information content (AvgIpc) is 3.10. The lowest BCUT2D eigenvalue weighted by Crippen LogP contribution is -2.99. The van der Waals surface area contributed by atoms with Crippen molar-refractivity contribution in [3.63, 3.8) is 0 Å². The Bertz CT molecular complexity index is 1220. The SMILES string of the molecule is CC(=O)N[C@H]1[C@H](O[C@H]2[C@H](O)[C@@H](O)C[NH2+][C@@H]2CO)O[C@H](CO)[C@@H](O[C@@H]2O[C@H](CO)[C@@H](O[C@@H]3O[C@H](CO)[C@@H](O)[C@H](O)[C@H]3NC(C)=O)[C@H](O)[C@H]2NC(C)=O)[C@@H]1O. The number of hydrogen-bond acceptors (Lipinski definition) is 19. The first kappa shape index (κ1) is 43.5. The summed E-state index contributed by atoms with van der Waals surface area (Å²) < 4.78 is 35.3. The Balaban J connectivity index is 1.60. The standard InChI is InChI=1S/C30H52N4O19/c1-9(39)32-17-22(45)21(44)14(6-36)48-28(17)52-26-16(8-38)50-30(19(24(26)47)34-11(3)41)53-27-15(7-37)49-29(18(23(27)46)33-10(2)40)51-25-12(5-35)31-4-13(42)20(25)43/h12-31,35-38,42-47H,4-8H2,1-3H3,(H,32,39)(H,33,40)(H,34,41)/p+1/t12-,13+,14-,15-,16-,17-,18-,19-,20-,21-,22-,23-,24-,25-,26-,27-,28+,29+,30+/m1/s1. The number of carbonyl (C=O) groups excluding carboxylic acids is 3. The zero-order chi connectivity index (χ0) is 39.3. The lowest BCUT2D eigenvalue weighted by Gasteiger charge is -2.50. The molecule has 0 bridgehead atoms. The molecule has 23 heteroatoms. The predicted octanol–water partition coefficient (Wildman–Crippen LogP) is -10.1. The van der Waals surface area contributed by atoms with E-state index in [2.05, 4.69) is 16.0 Å². The zero-order valence-corrected chi connectivity index (χ0v) is 29.2. The number of rotatable bonds is 13. The molecule has 4 saturated heterocycles. The molecule has 0 radical (unpaired) electrons. The minimum Gasteiger partial charge on any atom is -0.394 e. The number of nitrogens with two attached hydrogens (primary N) is 1. The van der Waals surface area contributed by atoms with E-state index in [1.165, 1.54) is 5.32 Å². The highest BCUT2D eigenvalue weighted by molar-refractivity contribution is 5.74. The number of carbonyl (C=O) groups is 3. The number of aliphatic hydroxyl groups excluding tert-OH is 10. The largest absolute Gasteiger partial charge is 0.394 e. The van der Waals surface area contributed by atoms with Crippen LogP contribution in [0, 0.1) is 0 Å². The molecule has 4 aliphatic heterocycles. The van der Waals surface area contributed by atoms with Crippen molar-refractivity contribution in [1.29, 1.82) is 0 Å². The van der Waals surface area contributed by atoms with Crippen LogP contribution in [0.25, 0.3) is 0 Å². The summed E-state index contributed by atoms with van der Waals surface area (Å²) in [5.74, 6) is -2.06. The van der Waals surface area contributed by atoms with Gasteiger partial charge < -0.3 is 101 Å². The first-order valence-corrected chi connectivity index (χ1v) is 17.2. The number of aliphatic hydroxyl groups is 10. The maximum Gasteiger partial charge on any atom is 0.217 e. The molecule has 3 amide bonds. The number of nitrogens with one attached hydrogen (secondary N) is 3. The van der Waals surface area contributed by atoms with E-state index in [1.54, 1.807) is 0 Å². The van der Waals surface area contributed by atoms with Crippen molar-refractivity contribution in [1.82, 2.24) is 16.0 Å². The average molecular weight is 774 g/mol. The van der Waals surface area contributed by atoms with E-state index >= 15 is 0 Å². The highest BCUT2D eigenvalue weighted by atomic mass is 16.7. The van der Waals surface area contributed by atoms with E-state index in [0.29, 0.717) is 0 Å². The van der Waals surface area contributed by atoms with Gasteiger partial charge in [-0.25, -0.2) is 0 Å². The van der Waals surface area contributed by atoms with Gasteiger partial charge in [-0.3, -0.25) is 14.4 Å². The monoisotopic (exact) mass is 773 g/mol. The Kier molecular flexibility index (Phi) is 15.6. The molecule has 4 heterocycles. The second kappa shape index (κ2) is 19.1. The molecule has 53 heavy (non-hydrogen) atoms. The summed E-state index contributed by atoms with van der Waals surface area (Å²) in [6.07, 6.45) is -23.7. The Morgan fingerprint density at radius 3 is 1.30 bits per heavy atom. The van der Waals surface area contributed by atoms with E-state index in [4.69, 9.17) is 28.4 Å². The van der Waals surface area contributed by atoms with Crippen LogP contribution in [0.4, 0.5) is 0 Å². The van der Waals surface area contributed by atoms with Gasteiger partial charge in [0, 0.05) is 20.8 Å². The minimum atomic E-state index is -1.84. The maximum absolute atomic E-state index is 12.3. The van der Waals surface area contributed by atoms with E-state index in [1.807, 2.05) is 0 Å². The van der Waals surface area contributed by atoms with Gasteiger partial charge in [0.15, 0.2) is 18.9 Å². The number of piperidine rings is 1. The second-order valence-corrected chi connectivity index (χ2v) is 13.5. The van der Waals surface area contributed by atoms with Crippen LogP contribution in [0.15, 0.2) is 0 Å². The second-order valence-electron chi connectivity index (χ2n) is 13.5. The summed E-state index contributed by atoms with van der Waals surface area (Å²) in [6.45, 7) is 0.375. The van der Waals surface area contributed by atoms with Crippen LogP contribution in [0.1, 0.15) is 20.8 Å². The summed E-state index contributed by atoms with van der Waals surface area (Å²) >= 11 is 0. The van der Waals surface area contributed by atoms with Crippen molar-refractivity contribution in [2.24, 2.45) is 0 Å². The predicted molar refractivity (Wildman–Crippen MR) is 168 cm³/mol. The quantitative estimate of drug-likeness (QED) is 0.0826. The number of amides is 3. The topological polar surface area (TPSA) is 362 Å². The van der Waals surface area contributed by atoms with Crippen molar-refractivity contribution in [2.75, 3.05) is 33.0 Å². The molecule has 0 unspecified atom stereocenters. The van der Waals surface area contributed by atoms with Crippen molar-refractivity contribution in [2.45, 2.75) is 137 Å². The Morgan fingerprint density at radius 2 is 0.925 bits per heavy atom. The fourth-order valence-electron chi connectivity index (χ4n) is 6.95. The summed E-state index contributed by atoms with van der Waals surface area (Å²) in [7, 11) is 0. The Morgan fingerprint density at radius 1 is 0.547 bits per heavy atom. The molecule has 0 aromatic carbocycles. The third-order valence-electron chi connectivity index (χ3n) is 9.61. The molecule has 15 N–H and O–H groups in total. The van der Waals surface area contributed by atoms with Crippen LogP contribution < -0.4 is 21.3 Å². The molecule has 19 atom stereocenters. The highest BCUT2D eigenvalue weighted by Gasteiger charge is 2.55. The molecule has 4 rings (SSSR count). The molecule has 0 saturated carbocycles. The first-order chi connectivity index (χ1) is 25.1. The number of hydrogen-bond donors (Lipinski definition) is 14. The lowest BCUT2D eigenvalue weighted by atomic mass is 9.93. The molecule has 4 aliphatic rings. The highest BCUT2D eigenvalue weighted by Crippen LogP contribution is 2.33. The van der Waals surface area contributed by atoms with Crippen LogP contribution in [0.2, 0.25) is 0 Å². The van der Waals surface area contributed by atoms with E-state index < -0.39 is 160 Å². The third-order valence-corrected chi connectivity index (χ3v) is 9.61. The molecule has 0 aliphatic carbocycles. The van der Waals surface area contributed by atoms with Gasteiger partial charge in [-0.05, 0) is 0 Å². The summed E-state index contributed by atoms with van der Waals surface area (Å²) in [5, 5.41) is 114. The summed E-state index contributed by atoms with van der Waals surface area (Å²) in [4.78, 5) is 36.5. The van der Waals surface area contributed by atoms with Gasteiger partial charge in [0.2, 0.25) is 17.7 Å². The first-order valence-electron chi connectivity index (χ1n) is 17.2. The third kappa shape index (κ3) is 9.95. The zero-order valence-electron chi connectivity index (χ0n) is 29.2. The normalized spacial score (nSPS) is 44.9. The lowest BCUT2D eigenvalue weighted by molar-refractivity contribution is -0.718. The molecule has 0 aromatic heterocycles. The van der Waals surface area contributed by atoms with Gasteiger partial charge in [0.25, 0.3) is 0 Å². The Labute approximate surface area is 303 Å². The van der Waals surface area contributed by atoms with Gasteiger partial charge in [-0.1, -0.05) is 0 Å². The molecule has 23 nitrogen and oxygen atoms in total. The molecule has 0 aromatic rings. The van der Waals surface area contributed by atoms with Gasteiger partial charge in [-0.2, -0.15) is 0 Å². The molecule has 0 spiro atoms. The van der Waals surface area contributed by atoms with Gasteiger partial charge in [0.05, 0.1) is 26.4 Å². The van der Waals surface area contributed by atoms with Gasteiger partial charge in [0.1, 0.15) is 104 Å². The summed E-state index contributed by atoms with van der Waals surface area (Å²) in [6, 6.07) is -5.27. The summed E-state index contributed by atoms with van der Waals surface area (Å²) in [5.41, 5.74) is 0. The smallest absolute Gasteiger partial charge is 0.217 e. The van der Waals surface area contributed by atoms with Crippen molar-refractivity contribution < 1.29 is 99.2 Å². The number of ether oxygens (including phenoxy) is 6. The van der Waals surface area contributed by atoms with Crippen LogP contribution in [-0.2, 0) is 42.8 Å². The minimum absolute atomic E-state index is 0.0476. The van der Waals surface area contributed by atoms with Crippen molar-refractivity contribution >= 4 is 17.7 Å². The molecule has 4 fully saturated rings. The van der Waals surface area contributed by atoms with E-state index in [-0.39, 0.29) is 6.54 Å².